The molecule has 2 heterocycles. The highest BCUT2D eigenvalue weighted by molar-refractivity contribution is 9.10. The van der Waals surface area contributed by atoms with Crippen LogP contribution in [0.3, 0.4) is 0 Å². The minimum atomic E-state index is -0.627. The second kappa shape index (κ2) is 5.88. The number of fused-ring (bicyclic) bond motifs is 1. The van der Waals surface area contributed by atoms with E-state index < -0.39 is 11.7 Å². The summed E-state index contributed by atoms with van der Waals surface area (Å²) in [5.41, 5.74) is 2.02. The Morgan fingerprint density at radius 1 is 1.52 bits per heavy atom. The first-order valence-corrected chi connectivity index (χ1v) is 7.43. The van der Waals surface area contributed by atoms with Crippen LogP contribution >= 0.6 is 15.9 Å². The van der Waals surface area contributed by atoms with Crippen LogP contribution in [0.2, 0.25) is 0 Å². The predicted octanol–water partition coefficient (Wildman–Crippen LogP) is 2.07. The van der Waals surface area contributed by atoms with E-state index in [-0.39, 0.29) is 18.1 Å². The van der Waals surface area contributed by atoms with Gasteiger partial charge in [0.2, 0.25) is 5.88 Å². The van der Waals surface area contributed by atoms with E-state index in [0.717, 1.165) is 25.9 Å². The molecule has 7 nitrogen and oxygen atoms in total. The molecule has 0 saturated heterocycles. The Kier molecular flexibility index (Phi) is 3.91. The van der Waals surface area contributed by atoms with E-state index in [0.29, 0.717) is 0 Å². The number of H-pyrrole nitrogens is 1. The van der Waals surface area contributed by atoms with Crippen LogP contribution in [0.15, 0.2) is 32.5 Å². The van der Waals surface area contributed by atoms with E-state index in [2.05, 4.69) is 30.6 Å². The first-order chi connectivity index (χ1) is 11.0. The second-order valence-electron chi connectivity index (χ2n) is 4.85. The topological polar surface area (TPSA) is 96.7 Å². The maximum Gasteiger partial charge on any atom is 0.329 e. The van der Waals surface area contributed by atoms with Crippen LogP contribution in [0.4, 0.5) is 5.69 Å². The van der Waals surface area contributed by atoms with E-state index in [1.807, 2.05) is 18.2 Å². The first kappa shape index (κ1) is 15.3. The number of nitrogens with one attached hydrogen (secondary N) is 1. The molecule has 0 spiro atoms. The van der Waals surface area contributed by atoms with Crippen molar-refractivity contribution < 1.29 is 14.6 Å². The molecular formula is C15H12BrN3O4. The van der Waals surface area contributed by atoms with Gasteiger partial charge < -0.3 is 14.8 Å². The average molecular weight is 378 g/mol. The van der Waals surface area contributed by atoms with Crippen LogP contribution in [-0.2, 0) is 16.1 Å². The van der Waals surface area contributed by atoms with Crippen LogP contribution in [0.25, 0.3) is 11.6 Å². The Balaban J connectivity index is 2.01. The number of imidazole rings is 1. The summed E-state index contributed by atoms with van der Waals surface area (Å²) in [6.45, 7) is -0.364. The number of benzene rings is 1. The summed E-state index contributed by atoms with van der Waals surface area (Å²) >= 11 is 3.40. The smallest absolute Gasteiger partial charge is 0.329 e. The lowest BCUT2D eigenvalue weighted by Gasteiger charge is -2.02. The normalized spacial score (nSPS) is 14.3. The van der Waals surface area contributed by atoms with Gasteiger partial charge in [0, 0.05) is 21.8 Å². The SMILES string of the molecule is COC(=O)Cn1c(O)c(C=C2C=Nc3ccc(Br)cc32)[nH]c1=O. The Hall–Kier alpha value is -2.61. The van der Waals surface area contributed by atoms with Crippen molar-refractivity contribution in [2.24, 2.45) is 4.99 Å². The highest BCUT2D eigenvalue weighted by Crippen LogP contribution is 2.35. The third kappa shape index (κ3) is 2.85. The minimum Gasteiger partial charge on any atom is -0.493 e. The molecule has 0 atom stereocenters. The van der Waals surface area contributed by atoms with E-state index >= 15 is 0 Å². The number of carbonyl (C=O) groups is 1. The standard InChI is InChI=1S/C15H12BrN3O4/c1-23-13(20)7-19-14(21)12(18-15(19)22)4-8-6-17-11-3-2-9(16)5-10(8)11/h2-6,21H,7H2,1H3,(H,18,22). The van der Waals surface area contributed by atoms with Gasteiger partial charge in [-0.05, 0) is 24.3 Å². The molecule has 118 valence electrons. The van der Waals surface area contributed by atoms with Crippen LogP contribution < -0.4 is 5.69 Å². The highest BCUT2D eigenvalue weighted by Gasteiger charge is 2.17. The van der Waals surface area contributed by atoms with E-state index in [9.17, 15) is 14.7 Å². The van der Waals surface area contributed by atoms with Crippen molar-refractivity contribution in [3.05, 3.63) is 44.4 Å². The van der Waals surface area contributed by atoms with Crippen molar-refractivity contribution in [2.75, 3.05) is 7.11 Å². The van der Waals surface area contributed by atoms with Gasteiger partial charge in [0.1, 0.15) is 12.2 Å². The number of carbonyl (C=O) groups excluding carboxylic acids is 1. The van der Waals surface area contributed by atoms with Gasteiger partial charge in [-0.2, -0.15) is 0 Å². The second-order valence-corrected chi connectivity index (χ2v) is 5.76. The molecule has 2 N–H and O–H groups in total. The largest absolute Gasteiger partial charge is 0.493 e. The number of aromatic nitrogens is 2. The average Bonchev–Trinajstić information content (AvgIpc) is 3.03. The summed E-state index contributed by atoms with van der Waals surface area (Å²) in [4.78, 5) is 29.9. The zero-order chi connectivity index (χ0) is 16.6. The van der Waals surface area contributed by atoms with Crippen molar-refractivity contribution in [1.82, 2.24) is 9.55 Å². The Morgan fingerprint density at radius 2 is 2.30 bits per heavy atom. The summed E-state index contributed by atoms with van der Waals surface area (Å²) in [5.74, 6) is -0.956. The van der Waals surface area contributed by atoms with E-state index in [1.54, 1.807) is 12.3 Å². The fourth-order valence-corrected chi connectivity index (χ4v) is 2.61. The summed E-state index contributed by atoms with van der Waals surface area (Å²) in [6.07, 6.45) is 3.25. The van der Waals surface area contributed by atoms with Crippen LogP contribution in [0, 0.1) is 0 Å². The maximum atomic E-state index is 11.9. The number of aromatic amines is 1. The molecule has 0 bridgehead atoms. The molecule has 1 aliphatic rings. The Morgan fingerprint density at radius 3 is 3.04 bits per heavy atom. The molecule has 8 heteroatoms. The molecule has 1 aliphatic heterocycles. The number of esters is 1. The molecule has 0 amide bonds. The number of nitrogens with zero attached hydrogens (tertiary/aromatic N) is 2. The molecule has 0 fully saturated rings. The fourth-order valence-electron chi connectivity index (χ4n) is 2.25. The third-order valence-corrected chi connectivity index (χ3v) is 3.90. The summed E-state index contributed by atoms with van der Waals surface area (Å²) in [6, 6.07) is 5.64. The number of aliphatic imine (C=N–C) groups is 1. The molecule has 0 unspecified atom stereocenters. The Bertz CT molecular complexity index is 908. The zero-order valence-corrected chi connectivity index (χ0v) is 13.6. The lowest BCUT2D eigenvalue weighted by molar-refractivity contribution is -0.141. The quantitative estimate of drug-likeness (QED) is 0.800. The predicted molar refractivity (Wildman–Crippen MR) is 88.9 cm³/mol. The minimum absolute atomic E-state index is 0.202. The number of rotatable bonds is 3. The number of methoxy groups -OCH3 is 1. The number of halogens is 1. The van der Waals surface area contributed by atoms with E-state index in [4.69, 9.17) is 0 Å². The van der Waals surface area contributed by atoms with Crippen molar-refractivity contribution in [3.63, 3.8) is 0 Å². The molecule has 1 aromatic carbocycles. The summed E-state index contributed by atoms with van der Waals surface area (Å²) in [5, 5.41) is 10.1. The van der Waals surface area contributed by atoms with Gasteiger partial charge in [0.25, 0.3) is 0 Å². The van der Waals surface area contributed by atoms with Gasteiger partial charge >= 0.3 is 11.7 Å². The monoisotopic (exact) mass is 377 g/mol. The van der Waals surface area contributed by atoms with Gasteiger partial charge in [0.15, 0.2) is 0 Å². The molecule has 2 aromatic rings. The number of allylic oxidation sites excluding steroid dienone is 1. The highest BCUT2D eigenvalue weighted by atomic mass is 79.9. The molecule has 3 rings (SSSR count). The number of hydrogen-bond acceptors (Lipinski definition) is 5. The lowest BCUT2D eigenvalue weighted by atomic mass is 10.1. The number of ether oxygens (including phenoxy) is 1. The van der Waals surface area contributed by atoms with Gasteiger partial charge in [-0.15, -0.1) is 0 Å². The van der Waals surface area contributed by atoms with Gasteiger partial charge in [-0.25, -0.2) is 4.79 Å². The van der Waals surface area contributed by atoms with Crippen molar-refractivity contribution in [1.29, 1.82) is 0 Å². The maximum absolute atomic E-state index is 11.9. The molecule has 1 aromatic heterocycles. The molecule has 0 radical (unpaired) electrons. The van der Waals surface area contributed by atoms with Gasteiger partial charge in [0.05, 0.1) is 12.8 Å². The van der Waals surface area contributed by atoms with Gasteiger partial charge in [-0.1, -0.05) is 15.9 Å². The summed E-state index contributed by atoms with van der Waals surface area (Å²) < 4.78 is 6.31. The van der Waals surface area contributed by atoms with Gasteiger partial charge in [-0.3, -0.25) is 14.4 Å². The first-order valence-electron chi connectivity index (χ1n) is 6.64. The molecule has 0 aliphatic carbocycles. The van der Waals surface area contributed by atoms with Crippen LogP contribution in [-0.4, -0.2) is 34.0 Å². The van der Waals surface area contributed by atoms with E-state index in [1.165, 1.54) is 7.11 Å². The molecule has 0 saturated carbocycles. The lowest BCUT2D eigenvalue weighted by Crippen LogP contribution is -2.22. The zero-order valence-electron chi connectivity index (χ0n) is 12.0. The Labute approximate surface area is 139 Å². The number of aromatic hydroxyl groups is 1. The van der Waals surface area contributed by atoms with Crippen LogP contribution in [0.5, 0.6) is 5.88 Å². The molecular weight excluding hydrogens is 366 g/mol. The van der Waals surface area contributed by atoms with Crippen molar-refractivity contribution in [2.45, 2.75) is 6.54 Å². The molecule has 23 heavy (non-hydrogen) atoms. The summed E-state index contributed by atoms with van der Waals surface area (Å²) in [7, 11) is 1.21. The third-order valence-electron chi connectivity index (χ3n) is 3.41. The fraction of sp³-hybridized carbons (Fsp3) is 0.133. The van der Waals surface area contributed by atoms with Crippen molar-refractivity contribution in [3.8, 4) is 5.88 Å². The van der Waals surface area contributed by atoms with Crippen LogP contribution in [0.1, 0.15) is 11.3 Å². The van der Waals surface area contributed by atoms with Crippen molar-refractivity contribution >= 4 is 45.5 Å². The number of hydrogen-bond donors (Lipinski definition) is 2.